The highest BCUT2D eigenvalue weighted by molar-refractivity contribution is 7.99. The van der Waals surface area contributed by atoms with Crippen LogP contribution in [0, 0.1) is 5.41 Å². The van der Waals surface area contributed by atoms with Crippen molar-refractivity contribution in [2.24, 2.45) is 5.41 Å². The van der Waals surface area contributed by atoms with Crippen LogP contribution >= 0.6 is 11.8 Å². The maximum Gasteiger partial charge on any atom is 0.224 e. The van der Waals surface area contributed by atoms with Crippen LogP contribution < -0.4 is 5.32 Å². The molecule has 108 valence electrons. The van der Waals surface area contributed by atoms with E-state index in [2.05, 4.69) is 10.2 Å². The van der Waals surface area contributed by atoms with Gasteiger partial charge in [0.25, 0.3) is 0 Å². The Morgan fingerprint density at radius 2 is 1.95 bits per heavy atom. The Kier molecular flexibility index (Phi) is 4.37. The molecule has 3 rings (SSSR count). The highest BCUT2D eigenvalue weighted by Gasteiger charge is 2.38. The molecular weight excluding hydrogens is 256 g/mol. The van der Waals surface area contributed by atoms with Gasteiger partial charge in [0.15, 0.2) is 0 Å². The van der Waals surface area contributed by atoms with E-state index in [1.165, 1.54) is 44.3 Å². The van der Waals surface area contributed by atoms with Crippen LogP contribution in [-0.4, -0.2) is 48.0 Å². The molecule has 1 aliphatic carbocycles. The van der Waals surface area contributed by atoms with Gasteiger partial charge in [-0.25, -0.2) is 0 Å². The Morgan fingerprint density at radius 1 is 1.21 bits per heavy atom. The van der Waals surface area contributed by atoms with Crippen LogP contribution in [0.15, 0.2) is 0 Å². The normalized spacial score (nSPS) is 30.7. The summed E-state index contributed by atoms with van der Waals surface area (Å²) in [5.41, 5.74) is 0.621. The number of likely N-dealkylation sites (tertiary alicyclic amines) is 1. The summed E-state index contributed by atoms with van der Waals surface area (Å²) >= 11 is 1.97. The van der Waals surface area contributed by atoms with E-state index < -0.39 is 0 Å². The Bertz CT molecular complexity index is 312. The third-order valence-corrected chi connectivity index (χ3v) is 6.39. The minimum absolute atomic E-state index is 0.382. The molecule has 1 amide bonds. The molecule has 4 heteroatoms. The van der Waals surface area contributed by atoms with E-state index in [1.807, 2.05) is 11.8 Å². The second kappa shape index (κ2) is 6.04. The zero-order valence-electron chi connectivity index (χ0n) is 11.8. The van der Waals surface area contributed by atoms with E-state index in [-0.39, 0.29) is 0 Å². The summed E-state index contributed by atoms with van der Waals surface area (Å²) in [7, 11) is 0. The number of nitrogens with zero attached hydrogens (tertiary/aromatic N) is 1. The van der Waals surface area contributed by atoms with Crippen LogP contribution in [0.25, 0.3) is 0 Å². The van der Waals surface area contributed by atoms with Gasteiger partial charge < -0.3 is 10.2 Å². The van der Waals surface area contributed by atoms with Gasteiger partial charge in [-0.1, -0.05) is 12.8 Å². The van der Waals surface area contributed by atoms with Gasteiger partial charge >= 0.3 is 0 Å². The standard InChI is InChI=1S/C15H26N2OS/c18-14(11-13-12-19-10-7-16-13)17-8-5-15(6-9-17)3-1-2-4-15/h13,16H,1-12H2. The molecule has 3 nitrogen and oxygen atoms in total. The summed E-state index contributed by atoms with van der Waals surface area (Å²) in [6.45, 7) is 3.09. The molecule has 1 saturated carbocycles. The topological polar surface area (TPSA) is 32.3 Å². The quantitative estimate of drug-likeness (QED) is 0.843. The number of carbonyl (C=O) groups is 1. The number of piperidine rings is 1. The number of hydrogen-bond acceptors (Lipinski definition) is 3. The minimum atomic E-state index is 0.382. The lowest BCUT2D eigenvalue weighted by molar-refractivity contribution is -0.133. The molecule has 0 radical (unpaired) electrons. The first-order chi connectivity index (χ1) is 9.27. The largest absolute Gasteiger partial charge is 0.343 e. The van der Waals surface area contributed by atoms with Gasteiger partial charge in [0, 0.05) is 43.6 Å². The SMILES string of the molecule is O=C(CC1CSCCN1)N1CCC2(CCCC2)CC1. The fraction of sp³-hybridized carbons (Fsp3) is 0.933. The second-order valence-electron chi connectivity index (χ2n) is 6.52. The number of thioether (sulfide) groups is 1. The molecule has 0 bridgehead atoms. The van der Waals surface area contributed by atoms with Crippen molar-refractivity contribution in [3.05, 3.63) is 0 Å². The highest BCUT2D eigenvalue weighted by atomic mass is 32.2. The van der Waals surface area contributed by atoms with E-state index in [0.717, 1.165) is 25.4 Å². The molecule has 1 atom stereocenters. The zero-order chi connectivity index (χ0) is 13.1. The fourth-order valence-electron chi connectivity index (χ4n) is 3.95. The van der Waals surface area contributed by atoms with E-state index in [9.17, 15) is 4.79 Å². The van der Waals surface area contributed by atoms with Crippen LogP contribution in [-0.2, 0) is 4.79 Å². The molecule has 0 aromatic rings. The smallest absolute Gasteiger partial charge is 0.224 e. The van der Waals surface area contributed by atoms with Crippen molar-refractivity contribution in [1.82, 2.24) is 10.2 Å². The zero-order valence-corrected chi connectivity index (χ0v) is 12.6. The predicted octanol–water partition coefficient (Wildman–Crippen LogP) is 2.26. The first-order valence-electron chi connectivity index (χ1n) is 7.86. The van der Waals surface area contributed by atoms with E-state index in [1.54, 1.807) is 0 Å². The number of amides is 1. The Hall–Kier alpha value is -0.220. The monoisotopic (exact) mass is 282 g/mol. The van der Waals surface area contributed by atoms with E-state index in [4.69, 9.17) is 0 Å². The summed E-state index contributed by atoms with van der Waals surface area (Å²) in [4.78, 5) is 14.5. The minimum Gasteiger partial charge on any atom is -0.343 e. The summed E-state index contributed by atoms with van der Waals surface area (Å²) in [5, 5.41) is 3.47. The average Bonchev–Trinajstić information content (AvgIpc) is 2.89. The molecular formula is C15H26N2OS. The Labute approximate surface area is 120 Å². The van der Waals surface area contributed by atoms with Gasteiger partial charge in [-0.2, -0.15) is 11.8 Å². The number of carbonyl (C=O) groups excluding carboxylic acids is 1. The van der Waals surface area contributed by atoms with E-state index in [0.29, 0.717) is 23.8 Å². The van der Waals surface area contributed by atoms with Crippen LogP contribution in [0.3, 0.4) is 0 Å². The van der Waals surface area contributed by atoms with Crippen molar-refractivity contribution in [1.29, 1.82) is 0 Å². The molecule has 0 aromatic heterocycles. The molecule has 1 spiro atoms. The second-order valence-corrected chi connectivity index (χ2v) is 7.67. The van der Waals surface area contributed by atoms with Gasteiger partial charge in [0.2, 0.25) is 5.91 Å². The predicted molar refractivity (Wildman–Crippen MR) is 80.4 cm³/mol. The number of hydrogen-bond donors (Lipinski definition) is 1. The lowest BCUT2D eigenvalue weighted by atomic mass is 9.77. The lowest BCUT2D eigenvalue weighted by Crippen LogP contribution is -2.46. The average molecular weight is 282 g/mol. The summed E-state index contributed by atoms with van der Waals surface area (Å²) < 4.78 is 0. The summed E-state index contributed by atoms with van der Waals surface area (Å²) in [6.07, 6.45) is 8.87. The molecule has 2 heterocycles. The fourth-order valence-corrected chi connectivity index (χ4v) is 4.90. The van der Waals surface area contributed by atoms with Crippen molar-refractivity contribution < 1.29 is 4.79 Å². The third-order valence-electron chi connectivity index (χ3n) is 5.26. The molecule has 2 aliphatic heterocycles. The van der Waals surface area contributed by atoms with Gasteiger partial charge in [0.1, 0.15) is 0 Å². The van der Waals surface area contributed by atoms with Crippen LogP contribution in [0.4, 0.5) is 0 Å². The lowest BCUT2D eigenvalue weighted by Gasteiger charge is -2.40. The van der Waals surface area contributed by atoms with Crippen LogP contribution in [0.1, 0.15) is 44.9 Å². The number of nitrogens with one attached hydrogen (secondary N) is 1. The molecule has 1 unspecified atom stereocenters. The van der Waals surface area contributed by atoms with Gasteiger partial charge in [-0.05, 0) is 31.1 Å². The molecule has 3 aliphatic rings. The maximum atomic E-state index is 12.3. The maximum absolute atomic E-state index is 12.3. The Balaban J connectivity index is 1.46. The number of rotatable bonds is 2. The van der Waals surface area contributed by atoms with Gasteiger partial charge in [-0.3, -0.25) is 4.79 Å². The van der Waals surface area contributed by atoms with Crippen molar-refractivity contribution in [2.45, 2.75) is 51.0 Å². The highest BCUT2D eigenvalue weighted by Crippen LogP contribution is 2.46. The molecule has 0 aromatic carbocycles. The Morgan fingerprint density at radius 3 is 2.58 bits per heavy atom. The first kappa shape index (κ1) is 13.7. The van der Waals surface area contributed by atoms with Crippen molar-refractivity contribution in [2.75, 3.05) is 31.1 Å². The van der Waals surface area contributed by atoms with Gasteiger partial charge in [-0.15, -0.1) is 0 Å². The summed E-state index contributed by atoms with van der Waals surface area (Å²) in [5.74, 6) is 2.67. The summed E-state index contributed by atoms with van der Waals surface area (Å²) in [6, 6.07) is 0.411. The van der Waals surface area contributed by atoms with Crippen LogP contribution in [0.2, 0.25) is 0 Å². The van der Waals surface area contributed by atoms with Crippen LogP contribution in [0.5, 0.6) is 0 Å². The van der Waals surface area contributed by atoms with E-state index >= 15 is 0 Å². The van der Waals surface area contributed by atoms with Crippen molar-refractivity contribution >= 4 is 17.7 Å². The van der Waals surface area contributed by atoms with Gasteiger partial charge in [0.05, 0.1) is 0 Å². The molecule has 3 fully saturated rings. The van der Waals surface area contributed by atoms with Crippen molar-refractivity contribution in [3.8, 4) is 0 Å². The molecule has 19 heavy (non-hydrogen) atoms. The molecule has 1 N–H and O–H groups in total. The first-order valence-corrected chi connectivity index (χ1v) is 9.02. The molecule has 2 saturated heterocycles. The third kappa shape index (κ3) is 3.27. The van der Waals surface area contributed by atoms with Crippen molar-refractivity contribution in [3.63, 3.8) is 0 Å².